The van der Waals surface area contributed by atoms with Crippen LogP contribution in [0.25, 0.3) is 10.9 Å². The minimum atomic E-state index is 0.243. The molecule has 0 bridgehead atoms. The summed E-state index contributed by atoms with van der Waals surface area (Å²) in [5.74, 6) is 0. The van der Waals surface area contributed by atoms with E-state index < -0.39 is 0 Å². The van der Waals surface area contributed by atoms with Crippen molar-refractivity contribution in [3.63, 3.8) is 0 Å². The molecule has 1 atom stereocenters. The van der Waals surface area contributed by atoms with Crippen LogP contribution in [0.2, 0.25) is 0 Å². The van der Waals surface area contributed by atoms with Crippen LogP contribution in [0.15, 0.2) is 47.8 Å². The van der Waals surface area contributed by atoms with Gasteiger partial charge in [0, 0.05) is 21.7 Å². The van der Waals surface area contributed by atoms with Gasteiger partial charge in [-0.2, -0.15) is 0 Å². The number of aromatic nitrogens is 2. The molecule has 2 aromatic heterocycles. The van der Waals surface area contributed by atoms with Crippen molar-refractivity contribution in [1.29, 1.82) is 0 Å². The lowest BCUT2D eigenvalue weighted by Crippen LogP contribution is -2.08. The van der Waals surface area contributed by atoms with E-state index in [0.29, 0.717) is 6.54 Å². The Labute approximate surface area is 126 Å². The fourth-order valence-electron chi connectivity index (χ4n) is 2.06. The third kappa shape index (κ3) is 2.70. The lowest BCUT2D eigenvalue weighted by molar-refractivity contribution is 0.953. The zero-order valence-electron chi connectivity index (χ0n) is 11.1. The maximum atomic E-state index is 5.95. The summed E-state index contributed by atoms with van der Waals surface area (Å²) in [5, 5.41) is 2.33. The highest BCUT2D eigenvalue weighted by molar-refractivity contribution is 7.99. The smallest absolute Gasteiger partial charge is 0.117 e. The van der Waals surface area contributed by atoms with Gasteiger partial charge in [0.05, 0.1) is 10.8 Å². The molecule has 0 fully saturated rings. The Balaban J connectivity index is 1.95. The van der Waals surface area contributed by atoms with Gasteiger partial charge in [0.15, 0.2) is 0 Å². The predicted molar refractivity (Wildman–Crippen MR) is 86.2 cm³/mol. The molecular weight excluding hydrogens is 286 g/mol. The van der Waals surface area contributed by atoms with Crippen molar-refractivity contribution in [2.24, 2.45) is 5.73 Å². The first-order valence-corrected chi connectivity index (χ1v) is 8.10. The summed E-state index contributed by atoms with van der Waals surface area (Å²) >= 11 is 3.52. The van der Waals surface area contributed by atoms with Crippen molar-refractivity contribution in [1.82, 2.24) is 9.97 Å². The molecule has 2 N–H and O–H groups in total. The van der Waals surface area contributed by atoms with E-state index in [-0.39, 0.29) is 5.25 Å². The second-order valence-corrected chi connectivity index (χ2v) is 7.00. The lowest BCUT2D eigenvalue weighted by Gasteiger charge is -2.13. The summed E-state index contributed by atoms with van der Waals surface area (Å²) in [6, 6.07) is 12.4. The molecule has 0 amide bonds. The van der Waals surface area contributed by atoms with Crippen LogP contribution < -0.4 is 5.73 Å². The Morgan fingerprint density at radius 3 is 2.80 bits per heavy atom. The number of thioether (sulfide) groups is 1. The van der Waals surface area contributed by atoms with E-state index in [0.717, 1.165) is 15.9 Å². The van der Waals surface area contributed by atoms with Gasteiger partial charge in [-0.3, -0.25) is 0 Å². The average Bonchev–Trinajstić information content (AvgIpc) is 2.91. The fraction of sp³-hybridized carbons (Fsp3) is 0.200. The van der Waals surface area contributed by atoms with E-state index in [1.165, 1.54) is 9.75 Å². The summed E-state index contributed by atoms with van der Waals surface area (Å²) in [5.41, 5.74) is 6.92. The number of hydrogen-bond donors (Lipinski definition) is 1. The zero-order valence-corrected chi connectivity index (χ0v) is 12.7. The maximum Gasteiger partial charge on any atom is 0.117 e. The van der Waals surface area contributed by atoms with Gasteiger partial charge in [-0.05, 0) is 25.1 Å². The van der Waals surface area contributed by atoms with E-state index in [1.807, 2.05) is 18.2 Å². The maximum absolute atomic E-state index is 5.95. The van der Waals surface area contributed by atoms with Crippen LogP contribution in [0.3, 0.4) is 0 Å². The number of para-hydroxylation sites is 1. The first-order valence-electron chi connectivity index (χ1n) is 6.40. The molecule has 0 saturated heterocycles. The SMILES string of the molecule is Cc1ccc(C(CN)Sc2ncnc3ccccc23)s1. The van der Waals surface area contributed by atoms with Crippen molar-refractivity contribution in [3.8, 4) is 0 Å². The van der Waals surface area contributed by atoms with Gasteiger partial charge in [0.2, 0.25) is 0 Å². The second-order valence-electron chi connectivity index (χ2n) is 4.49. The highest BCUT2D eigenvalue weighted by Gasteiger charge is 2.16. The molecule has 3 rings (SSSR count). The van der Waals surface area contributed by atoms with Gasteiger partial charge in [-0.15, -0.1) is 11.3 Å². The monoisotopic (exact) mass is 301 g/mol. The first kappa shape index (κ1) is 13.5. The molecule has 0 radical (unpaired) electrons. The van der Waals surface area contributed by atoms with Crippen LogP contribution in [-0.4, -0.2) is 16.5 Å². The van der Waals surface area contributed by atoms with Crippen LogP contribution in [-0.2, 0) is 0 Å². The number of hydrogen-bond acceptors (Lipinski definition) is 5. The van der Waals surface area contributed by atoms with Crippen molar-refractivity contribution in [2.45, 2.75) is 17.2 Å². The predicted octanol–water partition coefficient (Wildman–Crippen LogP) is 3.79. The van der Waals surface area contributed by atoms with Gasteiger partial charge in [0.1, 0.15) is 11.4 Å². The van der Waals surface area contributed by atoms with E-state index in [2.05, 4.69) is 35.1 Å². The molecule has 5 heteroatoms. The second kappa shape index (κ2) is 5.91. The van der Waals surface area contributed by atoms with Gasteiger partial charge < -0.3 is 5.73 Å². The molecule has 0 saturated carbocycles. The number of fused-ring (bicyclic) bond motifs is 1. The quantitative estimate of drug-likeness (QED) is 0.588. The highest BCUT2D eigenvalue weighted by atomic mass is 32.2. The molecule has 0 spiro atoms. The molecule has 1 aromatic carbocycles. The minimum Gasteiger partial charge on any atom is -0.329 e. The molecule has 0 aliphatic heterocycles. The summed E-state index contributed by atoms with van der Waals surface area (Å²) in [6.45, 7) is 2.72. The van der Waals surface area contributed by atoms with Crippen molar-refractivity contribution in [2.75, 3.05) is 6.54 Å². The third-order valence-electron chi connectivity index (χ3n) is 3.05. The average molecular weight is 301 g/mol. The van der Waals surface area contributed by atoms with Crippen molar-refractivity contribution < 1.29 is 0 Å². The molecule has 1 unspecified atom stereocenters. The normalized spacial score (nSPS) is 12.7. The van der Waals surface area contributed by atoms with Crippen LogP contribution in [0.1, 0.15) is 15.0 Å². The number of benzene rings is 1. The molecule has 0 aliphatic carbocycles. The summed E-state index contributed by atoms with van der Waals surface area (Å²) in [4.78, 5) is 11.3. The third-order valence-corrected chi connectivity index (χ3v) is 5.60. The number of nitrogens with two attached hydrogens (primary N) is 1. The largest absolute Gasteiger partial charge is 0.329 e. The lowest BCUT2D eigenvalue weighted by atomic mass is 10.2. The van der Waals surface area contributed by atoms with E-state index >= 15 is 0 Å². The van der Waals surface area contributed by atoms with Gasteiger partial charge in [0.25, 0.3) is 0 Å². The number of nitrogens with zero attached hydrogens (tertiary/aromatic N) is 2. The summed E-state index contributed by atoms with van der Waals surface area (Å²) < 4.78 is 0. The van der Waals surface area contributed by atoms with Crippen LogP contribution >= 0.6 is 23.1 Å². The van der Waals surface area contributed by atoms with Crippen molar-refractivity contribution in [3.05, 3.63) is 52.5 Å². The Bertz CT molecular complexity index is 718. The van der Waals surface area contributed by atoms with E-state index in [1.54, 1.807) is 29.4 Å². The Morgan fingerprint density at radius 2 is 2.05 bits per heavy atom. The van der Waals surface area contributed by atoms with Crippen LogP contribution in [0.5, 0.6) is 0 Å². The Kier molecular flexibility index (Phi) is 4.00. The molecular formula is C15H15N3S2. The topological polar surface area (TPSA) is 51.8 Å². The highest BCUT2D eigenvalue weighted by Crippen LogP contribution is 2.38. The Hall–Kier alpha value is -1.43. The number of rotatable bonds is 4. The molecule has 3 nitrogen and oxygen atoms in total. The van der Waals surface area contributed by atoms with Gasteiger partial charge in [-0.1, -0.05) is 30.0 Å². The standard InChI is InChI=1S/C15H15N3S2/c1-10-6-7-13(19-10)14(8-16)20-15-11-4-2-3-5-12(11)17-9-18-15/h2-7,9,14H,8,16H2,1H3. The van der Waals surface area contributed by atoms with Gasteiger partial charge >= 0.3 is 0 Å². The Morgan fingerprint density at radius 1 is 1.20 bits per heavy atom. The minimum absolute atomic E-state index is 0.243. The fourth-order valence-corrected chi connectivity index (χ4v) is 4.19. The molecule has 102 valence electrons. The zero-order chi connectivity index (χ0) is 13.9. The summed E-state index contributed by atoms with van der Waals surface area (Å²) in [6.07, 6.45) is 1.62. The number of thiophene rings is 1. The molecule has 3 aromatic rings. The molecule has 0 aliphatic rings. The first-order chi connectivity index (χ1) is 9.78. The number of aryl methyl sites for hydroxylation is 1. The van der Waals surface area contributed by atoms with Crippen LogP contribution in [0, 0.1) is 6.92 Å². The van der Waals surface area contributed by atoms with Gasteiger partial charge in [-0.25, -0.2) is 9.97 Å². The van der Waals surface area contributed by atoms with E-state index in [9.17, 15) is 0 Å². The summed E-state index contributed by atoms with van der Waals surface area (Å²) in [7, 11) is 0. The molecule has 2 heterocycles. The molecule has 20 heavy (non-hydrogen) atoms. The van der Waals surface area contributed by atoms with E-state index in [4.69, 9.17) is 5.73 Å². The van der Waals surface area contributed by atoms with Crippen molar-refractivity contribution >= 4 is 34.0 Å². The van der Waals surface area contributed by atoms with Crippen LogP contribution in [0.4, 0.5) is 0 Å².